The van der Waals surface area contributed by atoms with Crippen LogP contribution in [0.1, 0.15) is 5.56 Å². The molecule has 0 radical (unpaired) electrons. The number of phenols is 2. The number of amides is 1. The van der Waals surface area contributed by atoms with Gasteiger partial charge in [0.25, 0.3) is 0 Å². The molecule has 23 heavy (non-hydrogen) atoms. The highest BCUT2D eigenvalue weighted by Crippen LogP contribution is 2.32. The second-order valence-electron chi connectivity index (χ2n) is 4.83. The van der Waals surface area contributed by atoms with Crippen LogP contribution in [0.3, 0.4) is 0 Å². The Hall–Kier alpha value is -3.35. The fraction of sp³-hybridized carbons (Fsp3) is 0.0625. The minimum atomic E-state index is -0.405. The van der Waals surface area contributed by atoms with Gasteiger partial charge in [0.05, 0.1) is 12.1 Å². The molecule has 0 aliphatic rings. The Bertz CT molecular complexity index is 868. The number of carbonyl (C=O) groups excluding carboxylic acids is 1. The summed E-state index contributed by atoms with van der Waals surface area (Å²) in [5, 5.41) is 31.4. The Morgan fingerprint density at radius 3 is 2.43 bits per heavy atom. The number of aromatic hydroxyl groups is 2. The molecule has 0 aliphatic heterocycles. The summed E-state index contributed by atoms with van der Waals surface area (Å²) in [5.74, 6) is -0.737. The van der Waals surface area contributed by atoms with E-state index in [-0.39, 0.29) is 23.6 Å². The molecular formula is C16H14N4O3. The zero-order valence-electron chi connectivity index (χ0n) is 12.1. The summed E-state index contributed by atoms with van der Waals surface area (Å²) in [6, 6.07) is 10.2. The number of hydrogen-bond donors (Lipinski definition) is 3. The first-order chi connectivity index (χ1) is 11.1. The lowest BCUT2D eigenvalue weighted by Crippen LogP contribution is -2.20. The van der Waals surface area contributed by atoms with Gasteiger partial charge in [0, 0.05) is 0 Å². The van der Waals surface area contributed by atoms with Gasteiger partial charge in [-0.3, -0.25) is 4.79 Å². The molecule has 1 amide bonds. The topological polar surface area (TPSA) is 100 Å². The van der Waals surface area contributed by atoms with Gasteiger partial charge in [0.2, 0.25) is 5.91 Å². The number of nitrogens with one attached hydrogen (secondary N) is 1. The van der Waals surface area contributed by atoms with Crippen molar-refractivity contribution in [1.82, 2.24) is 20.3 Å². The smallest absolute Gasteiger partial charge is 0.243 e. The van der Waals surface area contributed by atoms with E-state index >= 15 is 0 Å². The molecule has 7 nitrogen and oxygen atoms in total. The van der Waals surface area contributed by atoms with Crippen molar-refractivity contribution in [2.24, 2.45) is 0 Å². The van der Waals surface area contributed by atoms with Crippen LogP contribution in [0.5, 0.6) is 11.5 Å². The molecule has 3 N–H and O–H groups in total. The molecule has 0 spiro atoms. The number of benzene rings is 2. The summed E-state index contributed by atoms with van der Waals surface area (Å²) in [7, 11) is 0. The molecule has 0 unspecified atom stereocenters. The van der Waals surface area contributed by atoms with Crippen LogP contribution < -0.4 is 5.32 Å². The van der Waals surface area contributed by atoms with Gasteiger partial charge in [0.1, 0.15) is 22.5 Å². The van der Waals surface area contributed by atoms with E-state index in [1.807, 2.05) is 24.3 Å². The van der Waals surface area contributed by atoms with E-state index in [1.165, 1.54) is 16.9 Å². The van der Waals surface area contributed by atoms with E-state index in [4.69, 9.17) is 0 Å². The summed E-state index contributed by atoms with van der Waals surface area (Å²) in [6.07, 6.45) is 1.11. The van der Waals surface area contributed by atoms with E-state index in [2.05, 4.69) is 22.1 Å². The highest BCUT2D eigenvalue weighted by atomic mass is 16.3. The monoisotopic (exact) mass is 310 g/mol. The number of fused-ring (bicyclic) bond motifs is 1. The molecule has 0 saturated carbocycles. The number of rotatable bonds is 4. The Morgan fingerprint density at radius 1 is 1.17 bits per heavy atom. The molecular weight excluding hydrogens is 296 g/mol. The minimum absolute atomic E-state index is 0.0445. The maximum absolute atomic E-state index is 11.3. The lowest BCUT2D eigenvalue weighted by atomic mass is 10.1. The molecule has 116 valence electrons. The zero-order valence-corrected chi connectivity index (χ0v) is 12.1. The Balaban J connectivity index is 2.02. The van der Waals surface area contributed by atoms with Gasteiger partial charge in [0.15, 0.2) is 5.75 Å². The molecule has 1 aromatic heterocycles. The van der Waals surface area contributed by atoms with E-state index in [0.29, 0.717) is 16.7 Å². The molecule has 0 bridgehead atoms. The van der Waals surface area contributed by atoms with Gasteiger partial charge in [-0.15, -0.1) is 15.0 Å². The lowest BCUT2D eigenvalue weighted by molar-refractivity contribution is -0.116. The standard InChI is InChI=1S/C16H14N4O3/c1-2-15(22)17-9-10-14(21)8-7-13(16(10)23)20-18-11-5-3-4-6-12(11)19-20/h2-8,21,23H,1,9H2,(H,17,22). The molecule has 0 fully saturated rings. The highest BCUT2D eigenvalue weighted by molar-refractivity contribution is 5.86. The van der Waals surface area contributed by atoms with Crippen molar-refractivity contribution in [3.8, 4) is 17.2 Å². The predicted octanol–water partition coefficient (Wildman–Crippen LogP) is 1.63. The third-order valence-corrected chi connectivity index (χ3v) is 3.36. The summed E-state index contributed by atoms with van der Waals surface area (Å²) >= 11 is 0. The first-order valence-corrected chi connectivity index (χ1v) is 6.86. The maximum atomic E-state index is 11.3. The van der Waals surface area contributed by atoms with Gasteiger partial charge < -0.3 is 15.5 Å². The van der Waals surface area contributed by atoms with Crippen molar-refractivity contribution in [3.05, 3.63) is 54.6 Å². The van der Waals surface area contributed by atoms with Crippen LogP contribution in [0, 0.1) is 0 Å². The fourth-order valence-corrected chi connectivity index (χ4v) is 2.16. The van der Waals surface area contributed by atoms with E-state index in [1.54, 1.807) is 0 Å². The predicted molar refractivity (Wildman–Crippen MR) is 84.2 cm³/mol. The second-order valence-corrected chi connectivity index (χ2v) is 4.83. The fourth-order valence-electron chi connectivity index (χ4n) is 2.16. The molecule has 1 heterocycles. The lowest BCUT2D eigenvalue weighted by Gasteiger charge is -2.11. The molecule has 0 aliphatic carbocycles. The van der Waals surface area contributed by atoms with Crippen molar-refractivity contribution < 1.29 is 15.0 Å². The molecule has 3 aromatic rings. The largest absolute Gasteiger partial charge is 0.507 e. The van der Waals surface area contributed by atoms with Gasteiger partial charge in [-0.1, -0.05) is 18.7 Å². The Morgan fingerprint density at radius 2 is 1.83 bits per heavy atom. The van der Waals surface area contributed by atoms with Crippen molar-refractivity contribution in [1.29, 1.82) is 0 Å². The highest BCUT2D eigenvalue weighted by Gasteiger charge is 2.16. The average molecular weight is 310 g/mol. The number of hydrogen-bond acceptors (Lipinski definition) is 5. The summed E-state index contributed by atoms with van der Waals surface area (Å²) < 4.78 is 0. The van der Waals surface area contributed by atoms with Crippen LogP contribution in [-0.4, -0.2) is 31.1 Å². The van der Waals surface area contributed by atoms with Crippen LogP contribution in [-0.2, 0) is 11.3 Å². The number of nitrogens with zero attached hydrogens (tertiary/aromatic N) is 3. The van der Waals surface area contributed by atoms with Crippen molar-refractivity contribution >= 4 is 16.9 Å². The summed E-state index contributed by atoms with van der Waals surface area (Å²) in [6.45, 7) is 3.30. The Labute approximate surface area is 131 Å². The van der Waals surface area contributed by atoms with E-state index in [9.17, 15) is 15.0 Å². The Kier molecular flexibility index (Phi) is 3.68. The maximum Gasteiger partial charge on any atom is 0.243 e. The van der Waals surface area contributed by atoms with Crippen molar-refractivity contribution in [2.45, 2.75) is 6.54 Å². The third kappa shape index (κ3) is 2.71. The minimum Gasteiger partial charge on any atom is -0.507 e. The second kappa shape index (κ2) is 5.80. The molecule has 0 atom stereocenters. The normalized spacial score (nSPS) is 10.6. The molecule has 7 heteroatoms. The SMILES string of the molecule is C=CC(=O)NCc1c(O)ccc(-n2nc3ccccc3n2)c1O. The first kappa shape index (κ1) is 14.6. The average Bonchev–Trinajstić information content (AvgIpc) is 2.98. The van der Waals surface area contributed by atoms with Gasteiger partial charge in [-0.25, -0.2) is 0 Å². The van der Waals surface area contributed by atoms with E-state index < -0.39 is 5.91 Å². The number of phenolic OH excluding ortho intramolecular Hbond substituents is 2. The van der Waals surface area contributed by atoms with Crippen LogP contribution in [0.25, 0.3) is 16.7 Å². The van der Waals surface area contributed by atoms with E-state index in [0.717, 1.165) is 6.08 Å². The van der Waals surface area contributed by atoms with Crippen LogP contribution in [0.4, 0.5) is 0 Å². The van der Waals surface area contributed by atoms with Crippen LogP contribution >= 0.6 is 0 Å². The van der Waals surface area contributed by atoms with Crippen molar-refractivity contribution in [3.63, 3.8) is 0 Å². The number of aromatic nitrogens is 3. The van der Waals surface area contributed by atoms with Gasteiger partial charge in [-0.05, 0) is 30.3 Å². The zero-order chi connectivity index (χ0) is 16.4. The summed E-state index contributed by atoms with van der Waals surface area (Å²) in [5.41, 5.74) is 1.85. The molecule has 0 saturated heterocycles. The quantitative estimate of drug-likeness (QED) is 0.636. The molecule has 2 aromatic carbocycles. The van der Waals surface area contributed by atoms with Gasteiger partial charge >= 0.3 is 0 Å². The van der Waals surface area contributed by atoms with Crippen LogP contribution in [0.2, 0.25) is 0 Å². The summed E-state index contributed by atoms with van der Waals surface area (Å²) in [4.78, 5) is 12.5. The molecule has 3 rings (SSSR count). The number of carbonyl (C=O) groups is 1. The third-order valence-electron chi connectivity index (χ3n) is 3.36. The van der Waals surface area contributed by atoms with Crippen LogP contribution in [0.15, 0.2) is 49.1 Å². The van der Waals surface area contributed by atoms with Crippen molar-refractivity contribution in [2.75, 3.05) is 0 Å². The van der Waals surface area contributed by atoms with Gasteiger partial charge in [-0.2, -0.15) is 0 Å². The first-order valence-electron chi connectivity index (χ1n) is 6.86.